The molecule has 4 nitrogen and oxygen atoms in total. The minimum Gasteiger partial charge on any atom is -0.497 e. The maximum absolute atomic E-state index is 13.6. The lowest BCUT2D eigenvalue weighted by molar-refractivity contribution is 0.414. The normalized spacial score (nSPS) is 10.5. The number of halogens is 1. The first-order valence-electron chi connectivity index (χ1n) is 6.85. The van der Waals surface area contributed by atoms with Gasteiger partial charge in [-0.15, -0.1) is 10.2 Å². The van der Waals surface area contributed by atoms with Gasteiger partial charge in [0.25, 0.3) is 0 Å². The molecule has 3 aromatic rings. The number of nitrogens with zero attached hydrogens (tertiary/aromatic N) is 2. The zero-order chi connectivity index (χ0) is 16.1. The van der Waals surface area contributed by atoms with Crippen LogP contribution in [0.25, 0.3) is 0 Å². The monoisotopic (exact) mass is 347 g/mol. The molecule has 1 heterocycles. The van der Waals surface area contributed by atoms with E-state index < -0.39 is 0 Å². The van der Waals surface area contributed by atoms with Gasteiger partial charge in [-0.25, -0.2) is 4.39 Å². The quantitative estimate of drug-likeness (QED) is 0.654. The summed E-state index contributed by atoms with van der Waals surface area (Å²) in [7, 11) is 1.65. The van der Waals surface area contributed by atoms with E-state index in [1.165, 1.54) is 17.4 Å². The van der Waals surface area contributed by atoms with Crippen molar-refractivity contribution in [3.05, 3.63) is 59.9 Å². The van der Waals surface area contributed by atoms with Crippen LogP contribution in [0.3, 0.4) is 0 Å². The maximum Gasteiger partial charge on any atom is 0.210 e. The lowest BCUT2D eigenvalue weighted by Gasteiger charge is -2.03. The molecule has 1 aromatic heterocycles. The zero-order valence-electron chi connectivity index (χ0n) is 12.3. The Labute approximate surface area is 141 Å². The molecule has 23 heavy (non-hydrogen) atoms. The Morgan fingerprint density at radius 3 is 2.87 bits per heavy atom. The second-order valence-electron chi connectivity index (χ2n) is 4.62. The Hall–Kier alpha value is -2.12. The van der Waals surface area contributed by atoms with Crippen LogP contribution < -0.4 is 10.1 Å². The number of aromatic nitrogens is 2. The summed E-state index contributed by atoms with van der Waals surface area (Å²) in [5, 5.41) is 11.7. The number of benzene rings is 2. The average Bonchev–Trinajstić information content (AvgIpc) is 3.03. The summed E-state index contributed by atoms with van der Waals surface area (Å²) in [5.41, 5.74) is 1.54. The summed E-state index contributed by atoms with van der Waals surface area (Å²) >= 11 is 2.98. The Kier molecular flexibility index (Phi) is 5.09. The summed E-state index contributed by atoms with van der Waals surface area (Å²) in [6.45, 7) is 0. The molecule has 118 valence electrons. The molecule has 2 aromatic carbocycles. The van der Waals surface area contributed by atoms with Crippen molar-refractivity contribution in [3.63, 3.8) is 0 Å². The number of rotatable bonds is 6. The third-order valence-electron chi connectivity index (χ3n) is 3.02. The van der Waals surface area contributed by atoms with E-state index in [9.17, 15) is 4.39 Å². The van der Waals surface area contributed by atoms with Crippen LogP contribution in [-0.4, -0.2) is 17.3 Å². The first-order chi connectivity index (χ1) is 11.2. The summed E-state index contributed by atoms with van der Waals surface area (Å²) < 4.78 is 19.6. The maximum atomic E-state index is 13.6. The van der Waals surface area contributed by atoms with E-state index in [1.54, 1.807) is 37.1 Å². The molecule has 3 rings (SSSR count). The Morgan fingerprint density at radius 1 is 1.17 bits per heavy atom. The van der Waals surface area contributed by atoms with Crippen LogP contribution in [0.1, 0.15) is 5.56 Å². The van der Waals surface area contributed by atoms with E-state index in [0.29, 0.717) is 10.8 Å². The minimum atomic E-state index is -0.312. The zero-order valence-corrected chi connectivity index (χ0v) is 14.0. The van der Waals surface area contributed by atoms with E-state index in [2.05, 4.69) is 15.5 Å². The fourth-order valence-electron chi connectivity index (χ4n) is 1.90. The molecule has 1 N–H and O–H groups in total. The van der Waals surface area contributed by atoms with Crippen molar-refractivity contribution in [1.82, 2.24) is 10.2 Å². The minimum absolute atomic E-state index is 0.312. The molecule has 7 heteroatoms. The van der Waals surface area contributed by atoms with Crippen molar-refractivity contribution in [2.45, 2.75) is 10.1 Å². The fourth-order valence-corrected chi connectivity index (χ4v) is 3.61. The molecule has 0 saturated heterocycles. The molecule has 0 amide bonds. The van der Waals surface area contributed by atoms with E-state index >= 15 is 0 Å². The highest BCUT2D eigenvalue weighted by Crippen LogP contribution is 2.30. The molecule has 0 fully saturated rings. The Bertz CT molecular complexity index is 794. The Morgan fingerprint density at radius 2 is 2.04 bits per heavy atom. The van der Waals surface area contributed by atoms with Gasteiger partial charge < -0.3 is 10.1 Å². The van der Waals surface area contributed by atoms with Crippen molar-refractivity contribution >= 4 is 33.9 Å². The van der Waals surface area contributed by atoms with Gasteiger partial charge in [0.1, 0.15) is 11.6 Å². The smallest absolute Gasteiger partial charge is 0.210 e. The average molecular weight is 347 g/mol. The van der Waals surface area contributed by atoms with Gasteiger partial charge in [0, 0.05) is 5.75 Å². The number of methoxy groups -OCH3 is 1. The number of hydrogen-bond donors (Lipinski definition) is 1. The van der Waals surface area contributed by atoms with Crippen molar-refractivity contribution < 1.29 is 9.13 Å². The highest BCUT2D eigenvalue weighted by atomic mass is 32.2. The SMILES string of the molecule is COc1cccc(CSc2nnc(Nc3ccccc3F)s2)c1. The van der Waals surface area contributed by atoms with E-state index in [-0.39, 0.29) is 5.82 Å². The molecule has 0 radical (unpaired) electrons. The van der Waals surface area contributed by atoms with Gasteiger partial charge in [-0.05, 0) is 29.8 Å². The molecule has 0 unspecified atom stereocenters. The fraction of sp³-hybridized carbons (Fsp3) is 0.125. The standard InChI is InChI=1S/C16H14FN3OS2/c1-21-12-6-4-5-11(9-12)10-22-16-20-19-15(23-16)18-14-8-3-2-7-13(14)17/h2-9H,10H2,1H3,(H,18,19). The molecule has 0 bridgehead atoms. The molecule has 0 saturated carbocycles. The lowest BCUT2D eigenvalue weighted by Crippen LogP contribution is -1.92. The predicted molar refractivity (Wildman–Crippen MR) is 92.1 cm³/mol. The van der Waals surface area contributed by atoms with Gasteiger partial charge in [0.2, 0.25) is 5.13 Å². The summed E-state index contributed by atoms with van der Waals surface area (Å²) in [6.07, 6.45) is 0. The molecule has 0 aliphatic rings. The molecular weight excluding hydrogens is 333 g/mol. The molecule has 0 spiro atoms. The van der Waals surface area contributed by atoms with Crippen molar-refractivity contribution in [2.24, 2.45) is 0 Å². The topological polar surface area (TPSA) is 47.0 Å². The van der Waals surface area contributed by atoms with Crippen LogP contribution >= 0.6 is 23.1 Å². The predicted octanol–water partition coefficient (Wildman–Crippen LogP) is 4.72. The number of thioether (sulfide) groups is 1. The highest BCUT2D eigenvalue weighted by Gasteiger charge is 2.08. The Balaban J connectivity index is 1.62. The third-order valence-corrected chi connectivity index (χ3v) is 5.06. The van der Waals surface area contributed by atoms with Gasteiger partial charge in [-0.3, -0.25) is 0 Å². The highest BCUT2D eigenvalue weighted by molar-refractivity contribution is 8.00. The van der Waals surface area contributed by atoms with Crippen LogP contribution in [-0.2, 0) is 5.75 Å². The van der Waals surface area contributed by atoms with E-state index in [0.717, 1.165) is 21.4 Å². The van der Waals surface area contributed by atoms with Crippen LogP contribution in [0.5, 0.6) is 5.75 Å². The number of ether oxygens (including phenoxy) is 1. The number of anilines is 2. The number of para-hydroxylation sites is 1. The largest absolute Gasteiger partial charge is 0.497 e. The number of nitrogens with one attached hydrogen (secondary N) is 1. The summed E-state index contributed by atoms with van der Waals surface area (Å²) in [4.78, 5) is 0. The van der Waals surface area contributed by atoms with Gasteiger partial charge >= 0.3 is 0 Å². The molecular formula is C16H14FN3OS2. The first-order valence-corrected chi connectivity index (χ1v) is 8.65. The van der Waals surface area contributed by atoms with Gasteiger partial charge in [-0.2, -0.15) is 0 Å². The van der Waals surface area contributed by atoms with Crippen LogP contribution in [0.15, 0.2) is 52.9 Å². The van der Waals surface area contributed by atoms with E-state index in [4.69, 9.17) is 4.74 Å². The molecule has 0 aliphatic heterocycles. The third kappa shape index (κ3) is 4.20. The van der Waals surface area contributed by atoms with Crippen molar-refractivity contribution in [2.75, 3.05) is 12.4 Å². The number of hydrogen-bond acceptors (Lipinski definition) is 6. The second kappa shape index (κ2) is 7.43. The van der Waals surface area contributed by atoms with Gasteiger partial charge in [0.15, 0.2) is 4.34 Å². The summed E-state index contributed by atoms with van der Waals surface area (Å²) in [5.74, 6) is 1.29. The van der Waals surface area contributed by atoms with Gasteiger partial charge in [-0.1, -0.05) is 47.4 Å². The van der Waals surface area contributed by atoms with E-state index in [1.807, 2.05) is 24.3 Å². The second-order valence-corrected chi connectivity index (χ2v) is 6.82. The lowest BCUT2D eigenvalue weighted by atomic mass is 10.2. The van der Waals surface area contributed by atoms with Crippen LogP contribution in [0.4, 0.5) is 15.2 Å². The molecule has 0 aliphatic carbocycles. The van der Waals surface area contributed by atoms with Gasteiger partial charge in [0.05, 0.1) is 12.8 Å². The van der Waals surface area contributed by atoms with Crippen molar-refractivity contribution in [3.8, 4) is 5.75 Å². The first kappa shape index (κ1) is 15.8. The van der Waals surface area contributed by atoms with Crippen molar-refractivity contribution in [1.29, 1.82) is 0 Å². The summed E-state index contributed by atoms with van der Waals surface area (Å²) in [6, 6.07) is 14.4. The van der Waals surface area contributed by atoms with Crippen LogP contribution in [0.2, 0.25) is 0 Å². The molecule has 0 atom stereocenters. The van der Waals surface area contributed by atoms with Crippen LogP contribution in [0, 0.1) is 5.82 Å².